The average Bonchev–Trinajstić information content (AvgIpc) is 3.50. The Labute approximate surface area is 182 Å². The number of hydrogen-bond donors (Lipinski definition) is 0. The monoisotopic (exact) mass is 408 g/mol. The molecule has 1 unspecified atom stereocenters. The number of ether oxygens (including phenoxy) is 1. The van der Waals surface area contributed by atoms with E-state index in [1.165, 1.54) is 29.4 Å². The predicted molar refractivity (Wildman–Crippen MR) is 122 cm³/mol. The molecule has 1 aliphatic rings. The molecule has 5 rings (SSSR count). The van der Waals surface area contributed by atoms with E-state index in [4.69, 9.17) is 4.74 Å². The molecule has 0 aliphatic heterocycles. The van der Waals surface area contributed by atoms with Crippen LogP contribution in [0.2, 0.25) is 0 Å². The SMILES string of the molecule is CN=C(c1ccccc1COc1ccc(C2CCc3ccccc32)cc1)n1cncn1. The first-order valence-corrected chi connectivity index (χ1v) is 10.5. The van der Waals surface area contributed by atoms with E-state index in [0.717, 1.165) is 29.1 Å². The molecule has 0 bridgehead atoms. The summed E-state index contributed by atoms with van der Waals surface area (Å²) >= 11 is 0. The van der Waals surface area contributed by atoms with Crippen LogP contribution in [-0.2, 0) is 13.0 Å². The van der Waals surface area contributed by atoms with Crippen molar-refractivity contribution >= 4 is 5.84 Å². The first kappa shape index (κ1) is 19.2. The first-order valence-electron chi connectivity index (χ1n) is 10.5. The Hall–Kier alpha value is -3.73. The summed E-state index contributed by atoms with van der Waals surface area (Å²) in [5.41, 5.74) is 6.32. The zero-order chi connectivity index (χ0) is 21.0. The van der Waals surface area contributed by atoms with Crippen molar-refractivity contribution in [3.05, 3.63) is 113 Å². The highest BCUT2D eigenvalue weighted by Gasteiger charge is 2.23. The normalized spacial score (nSPS) is 15.6. The highest BCUT2D eigenvalue weighted by Crippen LogP contribution is 2.38. The van der Waals surface area contributed by atoms with E-state index in [-0.39, 0.29) is 0 Å². The summed E-state index contributed by atoms with van der Waals surface area (Å²) in [6, 6.07) is 25.4. The van der Waals surface area contributed by atoms with Gasteiger partial charge in [-0.3, -0.25) is 4.99 Å². The van der Waals surface area contributed by atoms with Gasteiger partial charge in [0.15, 0.2) is 5.84 Å². The van der Waals surface area contributed by atoms with Gasteiger partial charge in [-0.2, -0.15) is 5.10 Å². The van der Waals surface area contributed by atoms with E-state index in [1.54, 1.807) is 18.1 Å². The van der Waals surface area contributed by atoms with E-state index >= 15 is 0 Å². The van der Waals surface area contributed by atoms with Crippen molar-refractivity contribution in [1.29, 1.82) is 0 Å². The Bertz CT molecular complexity index is 1200. The van der Waals surface area contributed by atoms with E-state index in [0.29, 0.717) is 12.5 Å². The van der Waals surface area contributed by atoms with Crippen LogP contribution in [0.5, 0.6) is 5.75 Å². The summed E-state index contributed by atoms with van der Waals surface area (Å²) in [4.78, 5) is 8.45. The van der Waals surface area contributed by atoms with Crippen molar-refractivity contribution < 1.29 is 4.74 Å². The number of fused-ring (bicyclic) bond motifs is 1. The Balaban J connectivity index is 1.32. The number of rotatable bonds is 5. The van der Waals surface area contributed by atoms with Crippen molar-refractivity contribution in [1.82, 2.24) is 14.8 Å². The molecule has 0 N–H and O–H groups in total. The van der Waals surface area contributed by atoms with Gasteiger partial charge < -0.3 is 4.74 Å². The quantitative estimate of drug-likeness (QED) is 0.350. The summed E-state index contributed by atoms with van der Waals surface area (Å²) in [6.45, 7) is 0.454. The Morgan fingerprint density at radius 3 is 2.65 bits per heavy atom. The maximum atomic E-state index is 6.13. The van der Waals surface area contributed by atoms with Gasteiger partial charge in [0.1, 0.15) is 25.0 Å². The van der Waals surface area contributed by atoms with E-state index in [9.17, 15) is 0 Å². The smallest absolute Gasteiger partial charge is 0.158 e. The van der Waals surface area contributed by atoms with Gasteiger partial charge in [-0.1, -0.05) is 60.7 Å². The van der Waals surface area contributed by atoms with Crippen LogP contribution in [0.4, 0.5) is 0 Å². The summed E-state index contributed by atoms with van der Waals surface area (Å²) < 4.78 is 7.81. The molecule has 0 saturated heterocycles. The number of aryl methyl sites for hydroxylation is 1. The largest absolute Gasteiger partial charge is 0.489 e. The van der Waals surface area contributed by atoms with Crippen LogP contribution in [0, 0.1) is 0 Å². The molecule has 5 nitrogen and oxygen atoms in total. The lowest BCUT2D eigenvalue weighted by Crippen LogP contribution is -2.17. The Kier molecular flexibility index (Phi) is 5.31. The lowest BCUT2D eigenvalue weighted by Gasteiger charge is -2.15. The molecule has 4 aromatic rings. The van der Waals surface area contributed by atoms with Gasteiger partial charge in [0.05, 0.1) is 0 Å². The summed E-state index contributed by atoms with van der Waals surface area (Å²) in [5, 5.41) is 4.22. The molecule has 1 atom stereocenters. The Morgan fingerprint density at radius 1 is 1.03 bits per heavy atom. The third kappa shape index (κ3) is 3.87. The van der Waals surface area contributed by atoms with Crippen LogP contribution in [0.15, 0.2) is 90.4 Å². The van der Waals surface area contributed by atoms with Gasteiger partial charge >= 0.3 is 0 Å². The lowest BCUT2D eigenvalue weighted by molar-refractivity contribution is 0.306. The number of hydrogen-bond acceptors (Lipinski definition) is 4. The van der Waals surface area contributed by atoms with Crippen molar-refractivity contribution in [3.63, 3.8) is 0 Å². The molecule has 0 saturated carbocycles. The maximum Gasteiger partial charge on any atom is 0.158 e. The van der Waals surface area contributed by atoms with E-state index < -0.39 is 0 Å². The fraction of sp³-hybridized carbons (Fsp3) is 0.192. The molecule has 1 aromatic heterocycles. The molecule has 5 heteroatoms. The summed E-state index contributed by atoms with van der Waals surface area (Å²) in [6.07, 6.45) is 5.49. The van der Waals surface area contributed by atoms with E-state index in [2.05, 4.69) is 69.7 Å². The molecule has 1 aliphatic carbocycles. The standard InChI is InChI=1S/C26H24N4O/c1-27-26(30-18-28-17-29-30)25-9-5-3-7-21(25)16-31-22-13-10-20(11-14-22)24-15-12-19-6-2-4-8-23(19)24/h2-11,13-14,17-18,24H,12,15-16H2,1H3. The van der Waals surface area contributed by atoms with Crippen LogP contribution < -0.4 is 4.74 Å². The van der Waals surface area contributed by atoms with Crippen molar-refractivity contribution in [2.24, 2.45) is 4.99 Å². The second kappa shape index (κ2) is 8.56. The van der Waals surface area contributed by atoms with Crippen LogP contribution in [0.1, 0.15) is 40.2 Å². The van der Waals surface area contributed by atoms with Crippen LogP contribution in [0.3, 0.4) is 0 Å². The fourth-order valence-electron chi connectivity index (χ4n) is 4.39. The van der Waals surface area contributed by atoms with Gasteiger partial charge in [-0.25, -0.2) is 9.67 Å². The minimum Gasteiger partial charge on any atom is -0.489 e. The van der Waals surface area contributed by atoms with Crippen molar-refractivity contribution in [2.75, 3.05) is 7.05 Å². The minimum atomic E-state index is 0.454. The topological polar surface area (TPSA) is 52.3 Å². The number of aromatic nitrogens is 3. The molecule has 0 fully saturated rings. The minimum absolute atomic E-state index is 0.454. The molecular formula is C26H24N4O. The molecule has 1 heterocycles. The van der Waals surface area contributed by atoms with Gasteiger partial charge in [-0.05, 0) is 41.7 Å². The molecule has 31 heavy (non-hydrogen) atoms. The molecule has 0 spiro atoms. The van der Waals surface area contributed by atoms with Gasteiger partial charge in [0, 0.05) is 24.1 Å². The zero-order valence-corrected chi connectivity index (χ0v) is 17.5. The van der Waals surface area contributed by atoms with Crippen molar-refractivity contribution in [3.8, 4) is 5.75 Å². The lowest BCUT2D eigenvalue weighted by atomic mass is 9.93. The van der Waals surface area contributed by atoms with Crippen molar-refractivity contribution in [2.45, 2.75) is 25.4 Å². The molecule has 0 radical (unpaired) electrons. The second-order valence-electron chi connectivity index (χ2n) is 7.69. The third-order valence-corrected chi connectivity index (χ3v) is 5.92. The van der Waals surface area contributed by atoms with Gasteiger partial charge in [-0.15, -0.1) is 0 Å². The number of benzene rings is 3. The number of nitrogens with zero attached hydrogens (tertiary/aromatic N) is 4. The second-order valence-corrected chi connectivity index (χ2v) is 7.69. The highest BCUT2D eigenvalue weighted by molar-refractivity contribution is 6.00. The average molecular weight is 409 g/mol. The van der Waals surface area contributed by atoms with Gasteiger partial charge in [0.2, 0.25) is 0 Å². The van der Waals surface area contributed by atoms with E-state index in [1.807, 2.05) is 18.2 Å². The summed E-state index contributed by atoms with van der Waals surface area (Å²) in [5.74, 6) is 2.09. The van der Waals surface area contributed by atoms with Gasteiger partial charge in [0.25, 0.3) is 0 Å². The molecule has 154 valence electrons. The van der Waals surface area contributed by atoms with Crippen LogP contribution >= 0.6 is 0 Å². The first-order chi connectivity index (χ1) is 15.3. The highest BCUT2D eigenvalue weighted by atomic mass is 16.5. The maximum absolute atomic E-state index is 6.13. The fourth-order valence-corrected chi connectivity index (χ4v) is 4.39. The molecular weight excluding hydrogens is 384 g/mol. The Morgan fingerprint density at radius 2 is 1.84 bits per heavy atom. The zero-order valence-electron chi connectivity index (χ0n) is 17.5. The molecule has 3 aromatic carbocycles. The van der Waals surface area contributed by atoms with Crippen LogP contribution in [-0.4, -0.2) is 27.6 Å². The van der Waals surface area contributed by atoms with Crippen LogP contribution in [0.25, 0.3) is 0 Å². The molecule has 0 amide bonds. The third-order valence-electron chi connectivity index (χ3n) is 5.92. The predicted octanol–water partition coefficient (Wildman–Crippen LogP) is 4.86. The summed E-state index contributed by atoms with van der Waals surface area (Å²) in [7, 11) is 1.76. The number of aliphatic imine (C=N–C) groups is 1.